The van der Waals surface area contributed by atoms with Crippen LogP contribution in [-0.4, -0.2) is 0 Å². The molecular formula is C59H49N. The second kappa shape index (κ2) is 13.0. The van der Waals surface area contributed by atoms with E-state index in [1.54, 1.807) is 5.56 Å². The molecule has 0 atom stereocenters. The van der Waals surface area contributed by atoms with Crippen LogP contribution in [0.5, 0.6) is 0 Å². The predicted molar refractivity (Wildman–Crippen MR) is 251 cm³/mol. The lowest BCUT2D eigenvalue weighted by molar-refractivity contribution is 0.660. The summed E-state index contributed by atoms with van der Waals surface area (Å²) in [6.45, 7) is 9.56. The van der Waals surface area contributed by atoms with Crippen LogP contribution in [0.2, 0.25) is 0 Å². The Labute approximate surface area is 355 Å². The lowest BCUT2D eigenvalue weighted by Gasteiger charge is -2.34. The Morgan fingerprint density at radius 2 is 0.917 bits per heavy atom. The molecule has 0 saturated carbocycles. The number of nitrogens with zero attached hydrogens (tertiary/aromatic N) is 1. The molecule has 60 heavy (non-hydrogen) atoms. The minimum absolute atomic E-state index is 0.128. The number of anilines is 3. The van der Waals surface area contributed by atoms with Crippen LogP contribution < -0.4 is 4.90 Å². The van der Waals surface area contributed by atoms with Gasteiger partial charge < -0.3 is 4.90 Å². The molecule has 0 bridgehead atoms. The first kappa shape index (κ1) is 35.5. The van der Waals surface area contributed by atoms with Gasteiger partial charge in [-0.1, -0.05) is 161 Å². The second-order valence-corrected chi connectivity index (χ2v) is 18.4. The van der Waals surface area contributed by atoms with E-state index in [9.17, 15) is 0 Å². The molecule has 0 fully saturated rings. The fourth-order valence-corrected chi connectivity index (χ4v) is 11.9. The second-order valence-electron chi connectivity index (χ2n) is 18.4. The Kier molecular flexibility index (Phi) is 7.71. The van der Waals surface area contributed by atoms with E-state index in [0.717, 1.165) is 12.1 Å². The van der Waals surface area contributed by atoms with Crippen molar-refractivity contribution in [1.82, 2.24) is 0 Å². The average Bonchev–Trinajstić information content (AvgIpc) is 3.84. The highest BCUT2D eigenvalue weighted by Gasteiger charge is 2.52. The van der Waals surface area contributed by atoms with Gasteiger partial charge in [-0.3, -0.25) is 0 Å². The van der Waals surface area contributed by atoms with Gasteiger partial charge in [0.15, 0.2) is 0 Å². The van der Waals surface area contributed by atoms with E-state index in [1.165, 1.54) is 120 Å². The SMILES string of the molecule is CC(C)c1cc2c(cc1-c1cc3c(cc1N(c1ccccc1)c1ccc4c(c1)C(C)(C)c1ccccc1-4)C1(c4ccccc4-c4ccccc41)c1ccccc1-3)CCCC2. The highest BCUT2D eigenvalue weighted by Crippen LogP contribution is 2.64. The lowest BCUT2D eigenvalue weighted by Crippen LogP contribution is -2.26. The number of para-hydroxylation sites is 1. The van der Waals surface area contributed by atoms with Gasteiger partial charge in [-0.05, 0) is 157 Å². The van der Waals surface area contributed by atoms with Crippen LogP contribution >= 0.6 is 0 Å². The van der Waals surface area contributed by atoms with Gasteiger partial charge in [-0.2, -0.15) is 0 Å². The minimum atomic E-state index is -0.451. The quantitative estimate of drug-likeness (QED) is 0.168. The summed E-state index contributed by atoms with van der Waals surface area (Å²) >= 11 is 0. The summed E-state index contributed by atoms with van der Waals surface area (Å²) in [5.41, 5.74) is 26.4. The van der Waals surface area contributed by atoms with Crippen molar-refractivity contribution in [1.29, 1.82) is 0 Å². The molecule has 1 nitrogen and oxygen atoms in total. The molecule has 0 heterocycles. The molecule has 0 aliphatic heterocycles. The summed E-state index contributed by atoms with van der Waals surface area (Å²) in [6.07, 6.45) is 4.84. The first-order valence-corrected chi connectivity index (χ1v) is 22.1. The molecule has 0 amide bonds. The average molecular weight is 772 g/mol. The van der Waals surface area contributed by atoms with Crippen LogP contribution in [0.15, 0.2) is 170 Å². The van der Waals surface area contributed by atoms with Gasteiger partial charge in [-0.15, -0.1) is 0 Å². The summed E-state index contributed by atoms with van der Waals surface area (Å²) < 4.78 is 0. The van der Waals surface area contributed by atoms with Crippen LogP contribution in [0.1, 0.15) is 96.5 Å². The van der Waals surface area contributed by atoms with Gasteiger partial charge in [0.25, 0.3) is 0 Å². The van der Waals surface area contributed by atoms with Crippen molar-refractivity contribution in [2.24, 2.45) is 0 Å². The van der Waals surface area contributed by atoms with Gasteiger partial charge in [0, 0.05) is 22.4 Å². The van der Waals surface area contributed by atoms with Crippen molar-refractivity contribution in [2.45, 2.75) is 70.1 Å². The molecule has 0 saturated heterocycles. The zero-order valence-corrected chi connectivity index (χ0v) is 35.0. The van der Waals surface area contributed by atoms with Crippen LogP contribution in [-0.2, 0) is 23.7 Å². The van der Waals surface area contributed by atoms with Crippen LogP contribution in [0.25, 0.3) is 44.5 Å². The molecule has 8 aromatic rings. The summed E-state index contributed by atoms with van der Waals surface area (Å²) in [4.78, 5) is 2.59. The molecular weight excluding hydrogens is 723 g/mol. The van der Waals surface area contributed by atoms with E-state index in [2.05, 4.69) is 202 Å². The molecule has 1 heteroatoms. The molecule has 0 radical (unpaired) electrons. The maximum absolute atomic E-state index is 2.62. The minimum Gasteiger partial charge on any atom is -0.310 e. The Morgan fingerprint density at radius 1 is 0.400 bits per heavy atom. The summed E-state index contributed by atoms with van der Waals surface area (Å²) in [7, 11) is 0. The third-order valence-corrected chi connectivity index (χ3v) is 14.6. The third-order valence-electron chi connectivity index (χ3n) is 14.6. The smallest absolute Gasteiger partial charge is 0.0726 e. The third kappa shape index (κ3) is 4.81. The number of fused-ring (bicyclic) bond motifs is 14. The lowest BCUT2D eigenvalue weighted by atomic mass is 9.70. The standard InChI is InChI=1S/C59H49N/c1-37(2)47-32-38-18-8-9-19-39(38)33-48(47)50-35-49-45-25-13-17-29-54(45)59(52-27-15-11-23-43(52)44-24-12-16-28-53(44)59)56(49)36-57(50)60(40-20-6-5-7-21-40)41-30-31-46-42-22-10-14-26-51(42)58(3,4)55(46)34-41/h5-7,10-17,20-37H,8-9,18-19H2,1-4H3. The Morgan fingerprint density at radius 3 is 1.53 bits per heavy atom. The maximum atomic E-state index is 2.62. The summed E-state index contributed by atoms with van der Waals surface area (Å²) in [6, 6.07) is 65.4. The van der Waals surface area contributed by atoms with Crippen molar-refractivity contribution >= 4 is 17.1 Å². The first-order valence-electron chi connectivity index (χ1n) is 22.1. The van der Waals surface area contributed by atoms with Crippen LogP contribution in [0.3, 0.4) is 0 Å². The highest BCUT2D eigenvalue weighted by atomic mass is 15.1. The molecule has 4 aliphatic carbocycles. The van der Waals surface area contributed by atoms with Crippen LogP contribution in [0, 0.1) is 0 Å². The Bertz CT molecular complexity index is 3010. The van der Waals surface area contributed by atoms with E-state index in [4.69, 9.17) is 0 Å². The summed E-state index contributed by atoms with van der Waals surface area (Å²) in [5, 5.41) is 0. The molecule has 12 rings (SSSR count). The van der Waals surface area contributed by atoms with Gasteiger partial charge in [0.05, 0.1) is 11.1 Å². The molecule has 0 N–H and O–H groups in total. The highest BCUT2D eigenvalue weighted by molar-refractivity contribution is 6.01. The van der Waals surface area contributed by atoms with E-state index < -0.39 is 5.41 Å². The molecule has 0 aromatic heterocycles. The fraction of sp³-hybridized carbons (Fsp3) is 0.186. The van der Waals surface area contributed by atoms with E-state index in [1.807, 2.05) is 0 Å². The Hall–Kier alpha value is -6.44. The zero-order chi connectivity index (χ0) is 40.3. The van der Waals surface area contributed by atoms with E-state index >= 15 is 0 Å². The Balaban J connectivity index is 1.21. The van der Waals surface area contributed by atoms with Gasteiger partial charge in [0.2, 0.25) is 0 Å². The van der Waals surface area contributed by atoms with Gasteiger partial charge in [0.1, 0.15) is 0 Å². The predicted octanol–water partition coefficient (Wildman–Crippen LogP) is 15.5. The first-order chi connectivity index (χ1) is 29.4. The van der Waals surface area contributed by atoms with E-state index in [-0.39, 0.29) is 5.41 Å². The molecule has 8 aromatic carbocycles. The van der Waals surface area contributed by atoms with Crippen molar-refractivity contribution in [3.63, 3.8) is 0 Å². The van der Waals surface area contributed by atoms with Crippen molar-refractivity contribution in [3.8, 4) is 44.5 Å². The number of rotatable bonds is 5. The number of hydrogen-bond donors (Lipinski definition) is 0. The molecule has 4 aliphatic rings. The monoisotopic (exact) mass is 771 g/mol. The molecule has 0 unspecified atom stereocenters. The van der Waals surface area contributed by atoms with Crippen molar-refractivity contribution < 1.29 is 0 Å². The largest absolute Gasteiger partial charge is 0.310 e. The van der Waals surface area contributed by atoms with E-state index in [0.29, 0.717) is 5.92 Å². The van der Waals surface area contributed by atoms with Gasteiger partial charge >= 0.3 is 0 Å². The van der Waals surface area contributed by atoms with Crippen molar-refractivity contribution in [3.05, 3.63) is 220 Å². The zero-order valence-electron chi connectivity index (χ0n) is 35.0. The molecule has 290 valence electrons. The maximum Gasteiger partial charge on any atom is 0.0726 e. The van der Waals surface area contributed by atoms with Gasteiger partial charge in [-0.25, -0.2) is 0 Å². The van der Waals surface area contributed by atoms with Crippen molar-refractivity contribution in [2.75, 3.05) is 4.90 Å². The molecule has 1 spiro atoms. The number of hydrogen-bond acceptors (Lipinski definition) is 1. The number of benzene rings is 8. The normalized spacial score (nSPS) is 15.5. The van der Waals surface area contributed by atoms with Crippen LogP contribution in [0.4, 0.5) is 17.1 Å². The fourth-order valence-electron chi connectivity index (χ4n) is 11.9. The summed E-state index contributed by atoms with van der Waals surface area (Å²) in [5.74, 6) is 0.366. The number of aryl methyl sites for hydroxylation is 2. The topological polar surface area (TPSA) is 3.24 Å².